The first-order valence-electron chi connectivity index (χ1n) is 18.6. The van der Waals surface area contributed by atoms with Gasteiger partial charge in [-0.05, 0) is 108 Å². The molecule has 262 valence electrons. The number of hydrogen-bond donors (Lipinski definition) is 0. The van der Waals surface area contributed by atoms with Gasteiger partial charge in [0.1, 0.15) is 0 Å². The highest BCUT2D eigenvalue weighted by Gasteiger charge is 2.21. The highest BCUT2D eigenvalue weighted by atomic mass is 15.2. The molecule has 0 amide bonds. The second kappa shape index (κ2) is 14.0. The van der Waals surface area contributed by atoms with Crippen LogP contribution in [0.2, 0.25) is 0 Å². The van der Waals surface area contributed by atoms with Gasteiger partial charge in [0.15, 0.2) is 0 Å². The van der Waals surface area contributed by atoms with Crippen molar-refractivity contribution in [2.75, 3.05) is 9.80 Å². The zero-order valence-corrected chi connectivity index (χ0v) is 32.0. The molecular weight excluding hydrogens is 631 g/mol. The third-order valence-corrected chi connectivity index (χ3v) is 10.3. The second-order valence-corrected chi connectivity index (χ2v) is 16.4. The summed E-state index contributed by atoms with van der Waals surface area (Å²) in [6.45, 7) is 18.0. The lowest BCUT2D eigenvalue weighted by atomic mass is 9.86. The van der Waals surface area contributed by atoms with E-state index in [0.717, 1.165) is 51.5 Å². The standard InChI is InChI=1S/C49H51N3/c1-34-12-22-42(23-13-34)52(43-24-14-35(2)15-25-43)46-11-9-10-45-44(46)32-33-50-47(45)36-16-26-39(27-17-36)51(40-28-18-37(19-29-40)48(3,4)5)41-30-20-38(21-31-41)49(6,7)8/h9-14,16-33,35H,15H2,1-8H3. The molecule has 6 aromatic rings. The molecular formula is C49H51N3. The molecule has 0 saturated heterocycles. The van der Waals surface area contributed by atoms with Gasteiger partial charge in [-0.2, -0.15) is 0 Å². The van der Waals surface area contributed by atoms with Gasteiger partial charge in [0.2, 0.25) is 0 Å². The number of aryl methyl sites for hydroxylation is 1. The van der Waals surface area contributed by atoms with E-state index in [2.05, 4.69) is 205 Å². The van der Waals surface area contributed by atoms with Crippen LogP contribution in [-0.4, -0.2) is 4.98 Å². The van der Waals surface area contributed by atoms with Crippen LogP contribution in [-0.2, 0) is 10.8 Å². The minimum Gasteiger partial charge on any atom is -0.311 e. The number of nitrogens with zero attached hydrogens (tertiary/aromatic N) is 3. The van der Waals surface area contributed by atoms with Crippen LogP contribution in [0.15, 0.2) is 151 Å². The van der Waals surface area contributed by atoms with Gasteiger partial charge in [-0.3, -0.25) is 4.98 Å². The summed E-state index contributed by atoms with van der Waals surface area (Å²) >= 11 is 0. The fourth-order valence-corrected chi connectivity index (χ4v) is 7.06. The molecule has 0 fully saturated rings. The minimum atomic E-state index is 0.0878. The molecule has 3 heteroatoms. The first-order valence-corrected chi connectivity index (χ1v) is 18.6. The summed E-state index contributed by atoms with van der Waals surface area (Å²) in [7, 11) is 0. The molecule has 0 aliphatic heterocycles. The SMILES string of the molecule is Cc1ccc(N(C2=CCC(C)C=C2)c2cccc3c(-c4ccc(N(c5ccc(C(C)(C)C)cc5)c5ccc(C(C)(C)C)cc5)cc4)nccc23)cc1. The fourth-order valence-electron chi connectivity index (χ4n) is 7.06. The van der Waals surface area contributed by atoms with E-state index >= 15 is 0 Å². The Hall–Kier alpha value is -5.41. The molecule has 1 unspecified atom stereocenters. The van der Waals surface area contributed by atoms with Gasteiger partial charge in [0, 0.05) is 51.0 Å². The van der Waals surface area contributed by atoms with Crippen molar-refractivity contribution in [2.45, 2.75) is 72.6 Å². The monoisotopic (exact) mass is 681 g/mol. The zero-order valence-electron chi connectivity index (χ0n) is 32.0. The highest BCUT2D eigenvalue weighted by molar-refractivity contribution is 6.03. The molecule has 0 bridgehead atoms. The maximum Gasteiger partial charge on any atom is 0.0781 e. The van der Waals surface area contributed by atoms with Gasteiger partial charge in [-0.1, -0.05) is 127 Å². The van der Waals surface area contributed by atoms with Crippen molar-refractivity contribution < 1.29 is 0 Å². The van der Waals surface area contributed by atoms with E-state index in [4.69, 9.17) is 4.98 Å². The number of hydrogen-bond acceptors (Lipinski definition) is 3. The van der Waals surface area contributed by atoms with Crippen LogP contribution in [0.4, 0.5) is 28.4 Å². The third kappa shape index (κ3) is 7.19. The van der Waals surface area contributed by atoms with Crippen molar-refractivity contribution in [1.82, 2.24) is 4.98 Å². The lowest BCUT2D eigenvalue weighted by Crippen LogP contribution is -2.17. The average molecular weight is 682 g/mol. The van der Waals surface area contributed by atoms with E-state index in [0.29, 0.717) is 5.92 Å². The van der Waals surface area contributed by atoms with Crippen molar-refractivity contribution >= 4 is 39.2 Å². The van der Waals surface area contributed by atoms with Crippen LogP contribution in [0.5, 0.6) is 0 Å². The van der Waals surface area contributed by atoms with Gasteiger partial charge in [0.25, 0.3) is 0 Å². The summed E-state index contributed by atoms with van der Waals surface area (Å²) in [4.78, 5) is 9.72. The maximum atomic E-state index is 4.98. The molecule has 0 spiro atoms. The lowest BCUT2D eigenvalue weighted by molar-refractivity contribution is 0.590. The topological polar surface area (TPSA) is 19.4 Å². The molecule has 0 radical (unpaired) electrons. The third-order valence-electron chi connectivity index (χ3n) is 10.3. The van der Waals surface area contributed by atoms with Crippen molar-refractivity contribution in [3.63, 3.8) is 0 Å². The number of benzene rings is 5. The van der Waals surface area contributed by atoms with E-state index in [1.165, 1.54) is 27.8 Å². The largest absolute Gasteiger partial charge is 0.311 e. The Bertz CT molecular complexity index is 2170. The van der Waals surface area contributed by atoms with E-state index in [-0.39, 0.29) is 10.8 Å². The maximum absolute atomic E-state index is 4.98. The molecule has 5 aromatic carbocycles. The second-order valence-electron chi connectivity index (χ2n) is 16.4. The Morgan fingerprint density at radius 3 is 1.62 bits per heavy atom. The van der Waals surface area contributed by atoms with Crippen molar-refractivity contribution in [3.05, 3.63) is 168 Å². The summed E-state index contributed by atoms with van der Waals surface area (Å²) in [5.74, 6) is 0.538. The van der Waals surface area contributed by atoms with Crippen LogP contribution >= 0.6 is 0 Å². The smallest absolute Gasteiger partial charge is 0.0781 e. The van der Waals surface area contributed by atoms with Crippen LogP contribution in [0, 0.1) is 12.8 Å². The van der Waals surface area contributed by atoms with Gasteiger partial charge >= 0.3 is 0 Å². The normalized spacial score (nSPS) is 14.7. The van der Waals surface area contributed by atoms with Crippen molar-refractivity contribution in [2.24, 2.45) is 5.92 Å². The predicted octanol–water partition coefficient (Wildman–Crippen LogP) is 13.9. The minimum absolute atomic E-state index is 0.0878. The van der Waals surface area contributed by atoms with E-state index in [9.17, 15) is 0 Å². The van der Waals surface area contributed by atoms with Crippen molar-refractivity contribution in [3.8, 4) is 11.3 Å². The molecule has 1 aliphatic rings. The molecule has 7 rings (SSSR count). The number of rotatable bonds is 7. The van der Waals surface area contributed by atoms with Crippen LogP contribution in [0.1, 0.15) is 71.6 Å². The van der Waals surface area contributed by atoms with Gasteiger partial charge < -0.3 is 9.80 Å². The molecule has 1 heterocycles. The number of fused-ring (bicyclic) bond motifs is 1. The number of aromatic nitrogens is 1. The highest BCUT2D eigenvalue weighted by Crippen LogP contribution is 2.41. The Morgan fingerprint density at radius 1 is 0.577 bits per heavy atom. The number of anilines is 5. The molecule has 1 atom stereocenters. The molecule has 0 saturated carbocycles. The molecule has 52 heavy (non-hydrogen) atoms. The lowest BCUT2D eigenvalue weighted by Gasteiger charge is -2.30. The van der Waals surface area contributed by atoms with E-state index in [1.54, 1.807) is 0 Å². The Balaban J connectivity index is 1.29. The summed E-state index contributed by atoms with van der Waals surface area (Å²) in [6, 6.07) is 44.5. The summed E-state index contributed by atoms with van der Waals surface area (Å²) in [5.41, 5.74) is 13.0. The molecule has 3 nitrogen and oxygen atoms in total. The summed E-state index contributed by atoms with van der Waals surface area (Å²) < 4.78 is 0. The first-order chi connectivity index (χ1) is 24.9. The van der Waals surface area contributed by atoms with E-state index in [1.807, 2.05) is 6.20 Å². The number of allylic oxidation sites excluding steroid dienone is 3. The Morgan fingerprint density at radius 2 is 1.10 bits per heavy atom. The summed E-state index contributed by atoms with van der Waals surface area (Å²) in [5, 5.41) is 2.30. The summed E-state index contributed by atoms with van der Waals surface area (Å²) in [6.07, 6.45) is 9.93. The van der Waals surface area contributed by atoms with E-state index < -0.39 is 0 Å². The quantitative estimate of drug-likeness (QED) is 0.167. The van der Waals surface area contributed by atoms with Crippen molar-refractivity contribution in [1.29, 1.82) is 0 Å². The van der Waals surface area contributed by atoms with Gasteiger partial charge in [-0.15, -0.1) is 0 Å². The average Bonchev–Trinajstić information content (AvgIpc) is 3.13. The zero-order chi connectivity index (χ0) is 36.6. The Labute approximate surface area is 311 Å². The van der Waals surface area contributed by atoms with Crippen LogP contribution in [0.3, 0.4) is 0 Å². The molecule has 1 aliphatic carbocycles. The fraction of sp³-hybridized carbons (Fsp3) is 0.245. The molecule has 1 aromatic heterocycles. The number of pyridine rings is 1. The van der Waals surface area contributed by atoms with Gasteiger partial charge in [0.05, 0.1) is 11.4 Å². The Kier molecular flexibility index (Phi) is 9.40. The first kappa shape index (κ1) is 35.0. The van der Waals surface area contributed by atoms with Crippen LogP contribution < -0.4 is 9.80 Å². The molecule has 0 N–H and O–H groups in total. The predicted molar refractivity (Wildman–Crippen MR) is 224 cm³/mol. The van der Waals surface area contributed by atoms with Crippen LogP contribution in [0.25, 0.3) is 22.0 Å². The van der Waals surface area contributed by atoms with Gasteiger partial charge in [-0.25, -0.2) is 0 Å².